The third-order valence-electron chi connectivity index (χ3n) is 0.966. The molecule has 0 unspecified atom stereocenters. The molecule has 0 aliphatic carbocycles. The first-order valence-corrected chi connectivity index (χ1v) is 3.10. The molecule has 0 saturated heterocycles. The van der Waals surface area contributed by atoms with Crippen LogP contribution in [0.4, 0.5) is 0 Å². The Morgan fingerprint density at radius 1 is 1.00 bits per heavy atom. The van der Waals surface area contributed by atoms with Crippen molar-refractivity contribution in [3.63, 3.8) is 0 Å². The summed E-state index contributed by atoms with van der Waals surface area (Å²) < 4.78 is 9.64. The molecule has 2 radical (unpaired) electrons. The molecule has 0 aliphatic heterocycles. The van der Waals surface area contributed by atoms with E-state index in [1.165, 1.54) is 0 Å². The minimum atomic E-state index is 0. The first-order valence-electron chi connectivity index (χ1n) is 3.10. The SMILES string of the molecule is COCCNCCOC.[S]. The van der Waals surface area contributed by atoms with Gasteiger partial charge >= 0.3 is 0 Å². The molecule has 0 amide bonds. The maximum atomic E-state index is 4.82. The topological polar surface area (TPSA) is 30.5 Å². The molecular formula is C6H15NO2S. The zero-order valence-corrected chi connectivity index (χ0v) is 7.37. The van der Waals surface area contributed by atoms with Crippen LogP contribution >= 0.6 is 13.5 Å². The lowest BCUT2D eigenvalue weighted by atomic mass is 10.6. The van der Waals surface area contributed by atoms with Crippen LogP contribution in [0.3, 0.4) is 0 Å². The van der Waals surface area contributed by atoms with Crippen LogP contribution in [-0.4, -0.2) is 40.5 Å². The van der Waals surface area contributed by atoms with Gasteiger partial charge in [-0.2, -0.15) is 0 Å². The minimum Gasteiger partial charge on any atom is -0.383 e. The second-order valence-corrected chi connectivity index (χ2v) is 1.74. The van der Waals surface area contributed by atoms with Crippen molar-refractivity contribution >= 4 is 13.5 Å². The van der Waals surface area contributed by atoms with Gasteiger partial charge in [0.05, 0.1) is 13.2 Å². The van der Waals surface area contributed by atoms with Crippen LogP contribution < -0.4 is 5.32 Å². The second kappa shape index (κ2) is 12.0. The van der Waals surface area contributed by atoms with Crippen LogP contribution in [0.15, 0.2) is 0 Å². The summed E-state index contributed by atoms with van der Waals surface area (Å²) in [6.45, 7) is 3.34. The molecule has 0 atom stereocenters. The Balaban J connectivity index is 0. The second-order valence-electron chi connectivity index (χ2n) is 1.74. The van der Waals surface area contributed by atoms with Gasteiger partial charge in [0.1, 0.15) is 0 Å². The summed E-state index contributed by atoms with van der Waals surface area (Å²) in [7, 11) is 3.38. The molecule has 0 bridgehead atoms. The van der Waals surface area contributed by atoms with Crippen LogP contribution in [0.1, 0.15) is 0 Å². The average molecular weight is 165 g/mol. The predicted octanol–water partition coefficient (Wildman–Crippen LogP) is 0.517. The Morgan fingerprint density at radius 3 is 1.70 bits per heavy atom. The van der Waals surface area contributed by atoms with E-state index in [-0.39, 0.29) is 13.5 Å². The maximum absolute atomic E-state index is 4.82. The zero-order valence-electron chi connectivity index (χ0n) is 6.55. The van der Waals surface area contributed by atoms with Crippen molar-refractivity contribution in [3.8, 4) is 0 Å². The van der Waals surface area contributed by atoms with Gasteiger partial charge in [-0.25, -0.2) is 0 Å². The van der Waals surface area contributed by atoms with Crippen molar-refractivity contribution in [1.29, 1.82) is 0 Å². The third-order valence-corrected chi connectivity index (χ3v) is 0.966. The monoisotopic (exact) mass is 165 g/mol. The largest absolute Gasteiger partial charge is 0.383 e. The summed E-state index contributed by atoms with van der Waals surface area (Å²) in [6.07, 6.45) is 0. The highest BCUT2D eigenvalue weighted by Crippen LogP contribution is 1.65. The number of hydrogen-bond donors (Lipinski definition) is 1. The highest BCUT2D eigenvalue weighted by Gasteiger charge is 1.83. The van der Waals surface area contributed by atoms with E-state index in [0.29, 0.717) is 0 Å². The van der Waals surface area contributed by atoms with Gasteiger partial charge in [-0.15, -0.1) is 0 Å². The quantitative estimate of drug-likeness (QED) is 0.582. The van der Waals surface area contributed by atoms with E-state index in [4.69, 9.17) is 9.47 Å². The lowest BCUT2D eigenvalue weighted by molar-refractivity contribution is 0.180. The van der Waals surface area contributed by atoms with Crippen molar-refractivity contribution < 1.29 is 9.47 Å². The molecule has 4 heteroatoms. The highest BCUT2D eigenvalue weighted by atomic mass is 32.1. The van der Waals surface area contributed by atoms with Gasteiger partial charge in [-0.1, -0.05) is 0 Å². The van der Waals surface area contributed by atoms with E-state index in [0.717, 1.165) is 26.3 Å². The van der Waals surface area contributed by atoms with Crippen LogP contribution in [0.25, 0.3) is 0 Å². The lowest BCUT2D eigenvalue weighted by Gasteiger charge is -2.01. The molecular weight excluding hydrogens is 150 g/mol. The van der Waals surface area contributed by atoms with E-state index < -0.39 is 0 Å². The van der Waals surface area contributed by atoms with E-state index in [1.54, 1.807) is 14.2 Å². The maximum Gasteiger partial charge on any atom is 0.0587 e. The number of methoxy groups -OCH3 is 2. The molecule has 0 saturated carbocycles. The van der Waals surface area contributed by atoms with Crippen molar-refractivity contribution in [2.24, 2.45) is 0 Å². The Labute approximate surface area is 69.5 Å². The lowest BCUT2D eigenvalue weighted by Crippen LogP contribution is -2.23. The fraction of sp³-hybridized carbons (Fsp3) is 1.00. The predicted molar refractivity (Wildman–Crippen MR) is 44.2 cm³/mol. The fourth-order valence-corrected chi connectivity index (χ4v) is 0.473. The number of ether oxygens (including phenoxy) is 2. The number of nitrogens with one attached hydrogen (secondary N) is 1. The molecule has 62 valence electrons. The van der Waals surface area contributed by atoms with Crippen LogP contribution in [0.2, 0.25) is 0 Å². The van der Waals surface area contributed by atoms with Gasteiger partial charge in [-0.3, -0.25) is 0 Å². The highest BCUT2D eigenvalue weighted by molar-refractivity contribution is 7.59. The Kier molecular flexibility index (Phi) is 15.4. The molecule has 3 nitrogen and oxygen atoms in total. The molecule has 10 heavy (non-hydrogen) atoms. The van der Waals surface area contributed by atoms with E-state index >= 15 is 0 Å². The van der Waals surface area contributed by atoms with Gasteiger partial charge in [0.2, 0.25) is 0 Å². The van der Waals surface area contributed by atoms with Crippen molar-refractivity contribution in [2.45, 2.75) is 0 Å². The van der Waals surface area contributed by atoms with Crippen molar-refractivity contribution in [2.75, 3.05) is 40.5 Å². The standard InChI is InChI=1S/C6H15NO2.S/c1-8-5-3-7-4-6-9-2;/h7H,3-6H2,1-2H3;. The molecule has 0 spiro atoms. The summed E-state index contributed by atoms with van der Waals surface area (Å²) in [5, 5.41) is 3.14. The molecule has 0 fully saturated rings. The van der Waals surface area contributed by atoms with Crippen LogP contribution in [0.5, 0.6) is 0 Å². The zero-order chi connectivity index (χ0) is 6.95. The minimum absolute atomic E-state index is 0. The van der Waals surface area contributed by atoms with Crippen LogP contribution in [0, 0.1) is 0 Å². The van der Waals surface area contributed by atoms with Gasteiger partial charge in [-0.05, 0) is 0 Å². The van der Waals surface area contributed by atoms with Gasteiger partial charge in [0, 0.05) is 40.8 Å². The fourth-order valence-electron chi connectivity index (χ4n) is 0.473. The number of hydrogen-bond acceptors (Lipinski definition) is 3. The Morgan fingerprint density at radius 2 is 1.40 bits per heavy atom. The molecule has 0 aromatic rings. The van der Waals surface area contributed by atoms with Crippen LogP contribution in [-0.2, 0) is 9.47 Å². The molecule has 0 rings (SSSR count). The Hall–Kier alpha value is 0.230. The molecule has 0 aliphatic rings. The Bertz CT molecular complexity index is 49.0. The normalized spacial score (nSPS) is 9.00. The van der Waals surface area contributed by atoms with Gasteiger partial charge in [0.15, 0.2) is 0 Å². The molecule has 0 heterocycles. The van der Waals surface area contributed by atoms with E-state index in [2.05, 4.69) is 5.32 Å². The number of rotatable bonds is 6. The summed E-state index contributed by atoms with van der Waals surface area (Å²) in [5.74, 6) is 0. The van der Waals surface area contributed by atoms with Crippen molar-refractivity contribution in [3.05, 3.63) is 0 Å². The van der Waals surface area contributed by atoms with E-state index in [9.17, 15) is 0 Å². The molecule has 0 aromatic heterocycles. The smallest absolute Gasteiger partial charge is 0.0587 e. The first-order chi connectivity index (χ1) is 4.41. The summed E-state index contributed by atoms with van der Waals surface area (Å²) >= 11 is 0. The third kappa shape index (κ3) is 11.1. The first kappa shape index (κ1) is 12.9. The average Bonchev–Trinajstić information content (AvgIpc) is 1.89. The molecule has 0 aromatic carbocycles. The summed E-state index contributed by atoms with van der Waals surface area (Å²) in [6, 6.07) is 0. The van der Waals surface area contributed by atoms with Gasteiger partial charge in [0.25, 0.3) is 0 Å². The summed E-state index contributed by atoms with van der Waals surface area (Å²) in [4.78, 5) is 0. The van der Waals surface area contributed by atoms with Gasteiger partial charge < -0.3 is 14.8 Å². The van der Waals surface area contributed by atoms with E-state index in [1.807, 2.05) is 0 Å². The molecule has 1 N–H and O–H groups in total. The van der Waals surface area contributed by atoms with Crippen molar-refractivity contribution in [1.82, 2.24) is 5.32 Å². The summed E-state index contributed by atoms with van der Waals surface area (Å²) in [5.41, 5.74) is 0.